The molecule has 0 amide bonds. The van der Waals surface area contributed by atoms with Gasteiger partial charge in [0.2, 0.25) is 11.8 Å². The van der Waals surface area contributed by atoms with E-state index >= 15 is 0 Å². The van der Waals surface area contributed by atoms with Crippen molar-refractivity contribution in [2.75, 3.05) is 5.32 Å². The number of hydrogen-bond donors (Lipinski definition) is 1. The lowest BCUT2D eigenvalue weighted by Gasteiger charge is -2.07. The molecule has 0 aliphatic carbocycles. The van der Waals surface area contributed by atoms with Crippen LogP contribution in [0.4, 0.5) is 14.6 Å². The van der Waals surface area contributed by atoms with Crippen LogP contribution in [0.3, 0.4) is 0 Å². The summed E-state index contributed by atoms with van der Waals surface area (Å²) < 4.78 is 40.3. The fraction of sp³-hybridized carbons (Fsp3) is 0.143. The Morgan fingerprint density at radius 1 is 1.06 bits per heavy atom. The van der Waals surface area contributed by atoms with Gasteiger partial charge in [-0.15, -0.1) is 10.2 Å². The van der Waals surface area contributed by atoms with Crippen molar-refractivity contribution in [2.24, 2.45) is 0 Å². The summed E-state index contributed by atoms with van der Waals surface area (Å²) in [7, 11) is 0. The summed E-state index contributed by atoms with van der Waals surface area (Å²) in [6.45, 7) is 1.88. The lowest BCUT2D eigenvalue weighted by molar-refractivity contribution is 0.421. The Kier molecular flexibility index (Phi) is 5.30. The zero-order valence-corrected chi connectivity index (χ0v) is 17.2. The molecule has 1 aromatic carbocycles. The van der Waals surface area contributed by atoms with Crippen molar-refractivity contribution in [2.45, 2.75) is 20.0 Å². The highest BCUT2D eigenvalue weighted by atomic mass is 19.1. The van der Waals surface area contributed by atoms with Crippen molar-refractivity contribution < 1.29 is 17.7 Å². The number of halogens is 2. The minimum Gasteiger partial charge on any atom is -0.424 e. The van der Waals surface area contributed by atoms with Gasteiger partial charge in [0, 0.05) is 18.6 Å². The minimum absolute atomic E-state index is 0.0532. The third kappa shape index (κ3) is 4.31. The molecule has 166 valence electrons. The number of nitrogens with one attached hydrogen (secondary N) is 1. The van der Waals surface area contributed by atoms with E-state index < -0.39 is 5.82 Å². The van der Waals surface area contributed by atoms with Gasteiger partial charge in [-0.1, -0.05) is 23.4 Å². The Balaban J connectivity index is 1.48. The molecule has 0 aliphatic rings. The summed E-state index contributed by atoms with van der Waals surface area (Å²) in [5.74, 6) is -0.218. The van der Waals surface area contributed by atoms with Crippen LogP contribution in [-0.4, -0.2) is 35.1 Å². The van der Waals surface area contributed by atoms with Crippen LogP contribution in [0.2, 0.25) is 0 Å². The first-order valence-electron chi connectivity index (χ1n) is 9.84. The van der Waals surface area contributed by atoms with Crippen LogP contribution in [0.1, 0.15) is 17.3 Å². The topological polar surface area (TPSA) is 121 Å². The molecule has 4 heterocycles. The number of benzene rings is 1. The predicted molar refractivity (Wildman–Crippen MR) is 111 cm³/mol. The molecule has 10 nitrogen and oxygen atoms in total. The summed E-state index contributed by atoms with van der Waals surface area (Å²) in [6, 6.07) is 9.73. The maximum atomic E-state index is 14.3. The average molecular weight is 450 g/mol. The van der Waals surface area contributed by atoms with Gasteiger partial charge in [-0.3, -0.25) is 4.68 Å². The van der Waals surface area contributed by atoms with Crippen molar-refractivity contribution in [3.05, 3.63) is 77.8 Å². The molecular weight excluding hydrogens is 434 g/mol. The van der Waals surface area contributed by atoms with E-state index in [0.29, 0.717) is 28.5 Å². The summed E-state index contributed by atoms with van der Waals surface area (Å²) in [5, 5.41) is 18.9. The summed E-state index contributed by atoms with van der Waals surface area (Å²) >= 11 is 0. The van der Waals surface area contributed by atoms with Crippen LogP contribution in [0.5, 0.6) is 0 Å². The van der Waals surface area contributed by atoms with E-state index in [2.05, 4.69) is 35.7 Å². The molecule has 12 heteroatoms. The quantitative estimate of drug-likeness (QED) is 0.396. The van der Waals surface area contributed by atoms with E-state index in [9.17, 15) is 8.78 Å². The van der Waals surface area contributed by atoms with Gasteiger partial charge >= 0.3 is 0 Å². The second-order valence-electron chi connectivity index (χ2n) is 7.01. The van der Waals surface area contributed by atoms with Crippen molar-refractivity contribution in [1.29, 1.82) is 0 Å². The smallest absolute Gasteiger partial charge is 0.235 e. The first-order valence-corrected chi connectivity index (χ1v) is 9.84. The fourth-order valence-electron chi connectivity index (χ4n) is 3.17. The highest BCUT2D eigenvalue weighted by Crippen LogP contribution is 2.26. The van der Waals surface area contributed by atoms with Gasteiger partial charge in [0.25, 0.3) is 0 Å². The van der Waals surface area contributed by atoms with Crippen LogP contribution in [0.25, 0.3) is 22.9 Å². The second kappa shape index (κ2) is 8.57. The molecule has 0 saturated carbocycles. The average Bonchev–Trinajstić information content (AvgIpc) is 3.56. The SMILES string of the molecule is Cc1nnc(CNc2nc(-c3cc(-c4ccon4)n(Cc4ccccc4F)n3)ncc2F)o1. The molecule has 0 bridgehead atoms. The second-order valence-corrected chi connectivity index (χ2v) is 7.01. The lowest BCUT2D eigenvalue weighted by Crippen LogP contribution is -2.07. The monoisotopic (exact) mass is 450 g/mol. The number of anilines is 1. The summed E-state index contributed by atoms with van der Waals surface area (Å²) in [5.41, 5.74) is 1.85. The van der Waals surface area contributed by atoms with Gasteiger partial charge in [0.15, 0.2) is 17.5 Å². The molecule has 5 rings (SSSR count). The van der Waals surface area contributed by atoms with Crippen molar-refractivity contribution in [3.8, 4) is 22.9 Å². The van der Waals surface area contributed by atoms with E-state index in [4.69, 9.17) is 8.94 Å². The molecule has 0 fully saturated rings. The molecule has 0 radical (unpaired) electrons. The number of hydrogen-bond acceptors (Lipinski definition) is 9. The third-order valence-electron chi connectivity index (χ3n) is 4.71. The van der Waals surface area contributed by atoms with E-state index in [0.717, 1.165) is 6.20 Å². The normalized spacial score (nSPS) is 11.1. The van der Waals surface area contributed by atoms with Crippen molar-refractivity contribution in [1.82, 2.24) is 35.1 Å². The zero-order valence-electron chi connectivity index (χ0n) is 17.2. The van der Waals surface area contributed by atoms with E-state index in [1.807, 2.05) is 0 Å². The number of aryl methyl sites for hydroxylation is 1. The van der Waals surface area contributed by atoms with Gasteiger partial charge < -0.3 is 14.3 Å². The van der Waals surface area contributed by atoms with E-state index in [-0.39, 0.29) is 36.4 Å². The Hall–Kier alpha value is -4.48. The zero-order chi connectivity index (χ0) is 22.8. The molecule has 0 atom stereocenters. The number of rotatable bonds is 7. The molecule has 4 aromatic heterocycles. The molecule has 0 aliphatic heterocycles. The largest absolute Gasteiger partial charge is 0.424 e. The predicted octanol–water partition coefficient (Wildman–Crippen LogP) is 3.63. The van der Waals surface area contributed by atoms with Gasteiger partial charge in [-0.2, -0.15) is 5.10 Å². The first-order chi connectivity index (χ1) is 16.1. The van der Waals surface area contributed by atoms with E-state index in [1.165, 1.54) is 12.3 Å². The Morgan fingerprint density at radius 3 is 2.70 bits per heavy atom. The van der Waals surface area contributed by atoms with Gasteiger partial charge in [0.05, 0.1) is 25.0 Å². The molecule has 0 saturated heterocycles. The summed E-state index contributed by atoms with van der Waals surface area (Å²) in [6.07, 6.45) is 2.46. The maximum Gasteiger partial charge on any atom is 0.235 e. The lowest BCUT2D eigenvalue weighted by atomic mass is 10.2. The molecule has 33 heavy (non-hydrogen) atoms. The van der Waals surface area contributed by atoms with Crippen molar-refractivity contribution in [3.63, 3.8) is 0 Å². The fourth-order valence-corrected chi connectivity index (χ4v) is 3.17. The number of nitrogens with zero attached hydrogens (tertiary/aromatic N) is 7. The molecule has 0 spiro atoms. The van der Waals surface area contributed by atoms with E-state index in [1.54, 1.807) is 41.9 Å². The van der Waals surface area contributed by atoms with Crippen LogP contribution in [-0.2, 0) is 13.1 Å². The number of aromatic nitrogens is 7. The maximum absolute atomic E-state index is 14.3. The minimum atomic E-state index is -0.655. The Morgan fingerprint density at radius 2 is 1.94 bits per heavy atom. The van der Waals surface area contributed by atoms with Crippen LogP contribution >= 0.6 is 0 Å². The highest BCUT2D eigenvalue weighted by molar-refractivity contribution is 5.63. The van der Waals surface area contributed by atoms with Gasteiger partial charge in [-0.05, 0) is 12.1 Å². The molecule has 5 aromatic rings. The van der Waals surface area contributed by atoms with Crippen LogP contribution < -0.4 is 5.32 Å². The summed E-state index contributed by atoms with van der Waals surface area (Å²) in [4.78, 5) is 8.30. The van der Waals surface area contributed by atoms with Crippen LogP contribution in [0, 0.1) is 18.6 Å². The Bertz CT molecular complexity index is 1400. The van der Waals surface area contributed by atoms with Crippen molar-refractivity contribution >= 4 is 5.82 Å². The first kappa shape index (κ1) is 20.4. The Labute approximate surface area is 185 Å². The molecule has 0 unspecified atom stereocenters. The standard InChI is InChI=1S/C21H16F2N8O2/c1-12-27-28-19(33-12)10-25-20-15(23)9-24-21(26-20)17-8-18(16-6-7-32-30-16)31(29-17)11-13-4-2-3-5-14(13)22/h2-9H,10-11H2,1H3,(H,24,25,26). The highest BCUT2D eigenvalue weighted by Gasteiger charge is 2.18. The van der Waals surface area contributed by atoms with Crippen LogP contribution in [0.15, 0.2) is 57.8 Å². The van der Waals surface area contributed by atoms with Gasteiger partial charge in [0.1, 0.15) is 23.5 Å². The molecular formula is C21H16F2N8O2. The van der Waals surface area contributed by atoms with Gasteiger partial charge in [-0.25, -0.2) is 18.7 Å². The molecule has 1 N–H and O–H groups in total. The third-order valence-corrected chi connectivity index (χ3v) is 4.71.